The maximum absolute atomic E-state index is 13.5. The molecule has 0 heterocycles. The Hall–Kier alpha value is -3.33. The molecular formula is C17H13FN2O3. The van der Waals surface area contributed by atoms with Crippen molar-refractivity contribution in [2.24, 2.45) is 0 Å². The number of aromatic hydroxyl groups is 2. The average Bonchev–Trinajstić information content (AvgIpc) is 2.54. The molecule has 0 aliphatic heterocycles. The minimum absolute atomic E-state index is 0.0502. The smallest absolute Gasteiger partial charge is 0.262 e. The van der Waals surface area contributed by atoms with Crippen LogP contribution in [0, 0.1) is 17.1 Å². The van der Waals surface area contributed by atoms with Crippen LogP contribution in [0.5, 0.6) is 11.5 Å². The third-order valence-electron chi connectivity index (χ3n) is 3.07. The molecule has 0 radical (unpaired) electrons. The molecule has 2 aromatic rings. The largest absolute Gasteiger partial charge is 0.504 e. The Balaban J connectivity index is 2.12. The first-order valence-corrected chi connectivity index (χ1v) is 6.66. The number of phenols is 2. The van der Waals surface area contributed by atoms with Crippen molar-refractivity contribution in [3.8, 4) is 17.6 Å². The highest BCUT2D eigenvalue weighted by atomic mass is 19.1. The maximum Gasteiger partial charge on any atom is 0.262 e. The third-order valence-corrected chi connectivity index (χ3v) is 3.07. The Morgan fingerprint density at radius 3 is 2.61 bits per heavy atom. The number of halogens is 1. The second-order valence-electron chi connectivity index (χ2n) is 4.69. The molecule has 0 aliphatic carbocycles. The van der Waals surface area contributed by atoms with Crippen molar-refractivity contribution in [2.45, 2.75) is 6.54 Å². The summed E-state index contributed by atoms with van der Waals surface area (Å²) in [5.41, 5.74) is 0.477. The Bertz CT molecular complexity index is 810. The Labute approximate surface area is 131 Å². The van der Waals surface area contributed by atoms with Gasteiger partial charge in [0.25, 0.3) is 5.91 Å². The maximum atomic E-state index is 13.5. The Morgan fingerprint density at radius 2 is 1.96 bits per heavy atom. The number of amides is 1. The van der Waals surface area contributed by atoms with Gasteiger partial charge in [-0.3, -0.25) is 4.79 Å². The van der Waals surface area contributed by atoms with E-state index in [1.165, 1.54) is 36.4 Å². The molecule has 0 unspecified atom stereocenters. The van der Waals surface area contributed by atoms with E-state index < -0.39 is 11.7 Å². The normalized spacial score (nSPS) is 10.9. The topological polar surface area (TPSA) is 93.3 Å². The number of carbonyl (C=O) groups is 1. The van der Waals surface area contributed by atoms with E-state index in [4.69, 9.17) is 5.26 Å². The first-order valence-electron chi connectivity index (χ1n) is 6.66. The minimum Gasteiger partial charge on any atom is -0.504 e. The number of nitriles is 1. The van der Waals surface area contributed by atoms with Crippen molar-refractivity contribution in [1.82, 2.24) is 5.32 Å². The molecule has 0 saturated carbocycles. The van der Waals surface area contributed by atoms with E-state index in [9.17, 15) is 19.4 Å². The summed E-state index contributed by atoms with van der Waals surface area (Å²) in [4.78, 5) is 12.0. The van der Waals surface area contributed by atoms with Crippen LogP contribution < -0.4 is 5.32 Å². The summed E-state index contributed by atoms with van der Waals surface area (Å²) in [6.07, 6.45) is 1.26. The number of hydrogen-bond acceptors (Lipinski definition) is 4. The minimum atomic E-state index is -0.664. The summed E-state index contributed by atoms with van der Waals surface area (Å²) < 4.78 is 13.5. The van der Waals surface area contributed by atoms with Crippen LogP contribution in [0.4, 0.5) is 4.39 Å². The van der Waals surface area contributed by atoms with Crippen LogP contribution in [0.3, 0.4) is 0 Å². The molecule has 0 aromatic heterocycles. The number of rotatable bonds is 4. The molecule has 5 nitrogen and oxygen atoms in total. The lowest BCUT2D eigenvalue weighted by Crippen LogP contribution is -2.24. The molecule has 6 heteroatoms. The van der Waals surface area contributed by atoms with Gasteiger partial charge in [-0.15, -0.1) is 0 Å². The van der Waals surface area contributed by atoms with E-state index in [2.05, 4.69) is 5.32 Å². The molecule has 116 valence electrons. The fourth-order valence-corrected chi connectivity index (χ4v) is 1.86. The molecule has 0 atom stereocenters. The second-order valence-corrected chi connectivity index (χ2v) is 4.69. The predicted molar refractivity (Wildman–Crippen MR) is 81.6 cm³/mol. The van der Waals surface area contributed by atoms with Crippen molar-refractivity contribution in [3.63, 3.8) is 0 Å². The molecule has 23 heavy (non-hydrogen) atoms. The first-order chi connectivity index (χ1) is 11.0. The van der Waals surface area contributed by atoms with E-state index in [-0.39, 0.29) is 23.6 Å². The zero-order valence-electron chi connectivity index (χ0n) is 12.0. The van der Waals surface area contributed by atoms with Gasteiger partial charge in [0.05, 0.1) is 0 Å². The third kappa shape index (κ3) is 4.08. The highest BCUT2D eigenvalue weighted by Gasteiger charge is 2.10. The van der Waals surface area contributed by atoms with Crippen LogP contribution in [-0.4, -0.2) is 16.1 Å². The number of hydrogen-bond donors (Lipinski definition) is 3. The summed E-state index contributed by atoms with van der Waals surface area (Å²) in [6.45, 7) is -0.0502. The van der Waals surface area contributed by atoms with Crippen molar-refractivity contribution in [2.75, 3.05) is 0 Å². The molecule has 0 aliphatic rings. The molecule has 2 aromatic carbocycles. The lowest BCUT2D eigenvalue weighted by molar-refractivity contribution is -0.117. The number of nitrogens with zero attached hydrogens (tertiary/aromatic N) is 1. The van der Waals surface area contributed by atoms with Crippen LogP contribution >= 0.6 is 0 Å². The van der Waals surface area contributed by atoms with Gasteiger partial charge in [-0.25, -0.2) is 4.39 Å². The van der Waals surface area contributed by atoms with Gasteiger partial charge >= 0.3 is 0 Å². The molecule has 0 spiro atoms. The SMILES string of the molecule is N#C/C(=C\c1ccc(O)c(O)c1)C(=O)NCc1ccccc1F. The standard InChI is InChI=1S/C17H13FN2O3/c18-14-4-2-1-3-12(14)10-20-17(23)13(9-19)7-11-5-6-15(21)16(22)8-11/h1-8,21-22H,10H2,(H,20,23)/b13-7+. The van der Waals surface area contributed by atoms with Gasteiger partial charge in [0.15, 0.2) is 11.5 Å². The number of phenolic OH excluding ortho intramolecular Hbond substituents is 2. The molecule has 3 N–H and O–H groups in total. The van der Waals surface area contributed by atoms with Crippen molar-refractivity contribution < 1.29 is 19.4 Å². The first kappa shape index (κ1) is 16.0. The van der Waals surface area contributed by atoms with Crippen LogP contribution in [0.1, 0.15) is 11.1 Å². The van der Waals surface area contributed by atoms with E-state index >= 15 is 0 Å². The van der Waals surface area contributed by atoms with Gasteiger partial charge in [0.1, 0.15) is 17.5 Å². The number of nitrogens with one attached hydrogen (secondary N) is 1. The quantitative estimate of drug-likeness (QED) is 0.459. The van der Waals surface area contributed by atoms with Crippen molar-refractivity contribution >= 4 is 12.0 Å². The van der Waals surface area contributed by atoms with Crippen molar-refractivity contribution in [1.29, 1.82) is 5.26 Å². The van der Waals surface area contributed by atoms with Gasteiger partial charge in [-0.1, -0.05) is 24.3 Å². The van der Waals surface area contributed by atoms with E-state index in [1.54, 1.807) is 18.2 Å². The molecule has 1 amide bonds. The Kier molecular flexibility index (Phi) is 4.95. The summed E-state index contributed by atoms with van der Waals surface area (Å²) in [7, 11) is 0. The number of carbonyl (C=O) groups excluding carboxylic acids is 1. The zero-order valence-corrected chi connectivity index (χ0v) is 12.0. The van der Waals surface area contributed by atoms with Crippen LogP contribution in [0.15, 0.2) is 48.0 Å². The van der Waals surface area contributed by atoms with Gasteiger partial charge in [-0.2, -0.15) is 5.26 Å². The predicted octanol–water partition coefficient (Wildman–Crippen LogP) is 2.46. The monoisotopic (exact) mass is 312 g/mol. The molecular weight excluding hydrogens is 299 g/mol. The lowest BCUT2D eigenvalue weighted by atomic mass is 10.1. The highest BCUT2D eigenvalue weighted by Crippen LogP contribution is 2.25. The highest BCUT2D eigenvalue weighted by molar-refractivity contribution is 6.01. The van der Waals surface area contributed by atoms with Crippen molar-refractivity contribution in [3.05, 3.63) is 65.0 Å². The molecule has 0 saturated heterocycles. The van der Waals surface area contributed by atoms with E-state index in [0.717, 1.165) is 0 Å². The summed E-state index contributed by atoms with van der Waals surface area (Å²) in [6, 6.07) is 11.6. The van der Waals surface area contributed by atoms with Gasteiger partial charge in [-0.05, 0) is 29.8 Å². The average molecular weight is 312 g/mol. The summed E-state index contributed by atoms with van der Waals surface area (Å²) in [5.74, 6) is -1.77. The van der Waals surface area contributed by atoms with E-state index in [0.29, 0.717) is 11.1 Å². The fourth-order valence-electron chi connectivity index (χ4n) is 1.86. The molecule has 2 rings (SSSR count). The molecule has 0 fully saturated rings. The number of benzene rings is 2. The second kappa shape index (κ2) is 7.09. The van der Waals surface area contributed by atoms with Gasteiger partial charge in [0.2, 0.25) is 0 Å². The van der Waals surface area contributed by atoms with Crippen LogP contribution in [0.2, 0.25) is 0 Å². The van der Waals surface area contributed by atoms with Gasteiger partial charge in [0, 0.05) is 12.1 Å². The van der Waals surface area contributed by atoms with Gasteiger partial charge < -0.3 is 15.5 Å². The lowest BCUT2D eigenvalue weighted by Gasteiger charge is -2.06. The Morgan fingerprint density at radius 1 is 1.22 bits per heavy atom. The fraction of sp³-hybridized carbons (Fsp3) is 0.0588. The van der Waals surface area contributed by atoms with Crippen LogP contribution in [-0.2, 0) is 11.3 Å². The van der Waals surface area contributed by atoms with E-state index in [1.807, 2.05) is 0 Å². The molecule has 0 bridgehead atoms. The summed E-state index contributed by atoms with van der Waals surface area (Å²) in [5, 5.41) is 30.2. The summed E-state index contributed by atoms with van der Waals surface area (Å²) >= 11 is 0. The zero-order chi connectivity index (χ0) is 16.8. The van der Waals surface area contributed by atoms with Crippen LogP contribution in [0.25, 0.3) is 6.08 Å².